The fourth-order valence-corrected chi connectivity index (χ4v) is 3.90. The summed E-state index contributed by atoms with van der Waals surface area (Å²) in [5, 5.41) is 0.796. The van der Waals surface area contributed by atoms with Crippen molar-refractivity contribution in [2.75, 3.05) is 0 Å². The van der Waals surface area contributed by atoms with Crippen LogP contribution in [0, 0.1) is 13.8 Å². The van der Waals surface area contributed by atoms with Crippen molar-refractivity contribution in [1.29, 1.82) is 0 Å². The molecule has 31 heavy (non-hydrogen) atoms. The van der Waals surface area contributed by atoms with E-state index in [2.05, 4.69) is 29.8 Å². The lowest BCUT2D eigenvalue weighted by Gasteiger charge is -2.15. The number of ether oxygens (including phenoxy) is 1. The predicted octanol–water partition coefficient (Wildman–Crippen LogP) is 7.62. The number of nitrogens with zero attached hydrogens (tertiary/aromatic N) is 1. The first-order valence-corrected chi connectivity index (χ1v) is 11.1. The molecule has 0 N–H and O–H groups in total. The Labute approximate surface area is 191 Å². The first kappa shape index (κ1) is 21.3. The second-order valence-electron chi connectivity index (χ2n) is 8.17. The average molecular weight is 474 g/mol. The van der Waals surface area contributed by atoms with Crippen LogP contribution in [-0.4, -0.2) is 11.0 Å². The maximum absolute atomic E-state index is 13.4. The van der Waals surface area contributed by atoms with E-state index in [9.17, 15) is 4.79 Å². The van der Waals surface area contributed by atoms with Gasteiger partial charge in [-0.1, -0.05) is 65.7 Å². The molecule has 0 atom stereocenters. The average Bonchev–Trinajstić information content (AvgIpc) is 2.73. The molecule has 156 valence electrons. The number of halogens is 1. The van der Waals surface area contributed by atoms with Gasteiger partial charge in [-0.3, -0.25) is 0 Å². The van der Waals surface area contributed by atoms with Crippen molar-refractivity contribution in [1.82, 2.24) is 4.98 Å². The van der Waals surface area contributed by atoms with Gasteiger partial charge < -0.3 is 4.74 Å². The predicted molar refractivity (Wildman–Crippen MR) is 130 cm³/mol. The highest BCUT2D eigenvalue weighted by Gasteiger charge is 2.19. The molecule has 0 aliphatic rings. The second kappa shape index (κ2) is 8.64. The molecule has 0 aliphatic carbocycles. The lowest BCUT2D eigenvalue weighted by atomic mass is 10.00. The number of hydrogen-bond acceptors (Lipinski definition) is 3. The summed E-state index contributed by atoms with van der Waals surface area (Å²) in [6.07, 6.45) is 0. The van der Waals surface area contributed by atoms with Gasteiger partial charge in [-0.15, -0.1) is 0 Å². The Morgan fingerprint density at radius 2 is 1.58 bits per heavy atom. The molecule has 0 saturated heterocycles. The first-order chi connectivity index (χ1) is 14.8. The Bertz CT molecular complexity index is 1280. The summed E-state index contributed by atoms with van der Waals surface area (Å²) < 4.78 is 6.95. The number of aromatic nitrogens is 1. The Balaban J connectivity index is 1.84. The Morgan fingerprint density at radius 3 is 2.29 bits per heavy atom. The van der Waals surface area contributed by atoms with Gasteiger partial charge in [0.2, 0.25) is 0 Å². The van der Waals surface area contributed by atoms with Gasteiger partial charge in [0, 0.05) is 15.4 Å². The van der Waals surface area contributed by atoms with Crippen LogP contribution in [0.1, 0.15) is 46.8 Å². The lowest BCUT2D eigenvalue weighted by molar-refractivity contribution is 0.0735. The summed E-state index contributed by atoms with van der Waals surface area (Å²) in [4.78, 5) is 18.2. The van der Waals surface area contributed by atoms with E-state index >= 15 is 0 Å². The topological polar surface area (TPSA) is 39.2 Å². The fourth-order valence-electron chi connectivity index (χ4n) is 3.64. The van der Waals surface area contributed by atoms with E-state index in [4.69, 9.17) is 9.72 Å². The largest absolute Gasteiger partial charge is 0.423 e. The monoisotopic (exact) mass is 473 g/mol. The molecule has 1 heterocycles. The molecule has 0 spiro atoms. The summed E-state index contributed by atoms with van der Waals surface area (Å²) in [5.74, 6) is 0.491. The molecule has 0 unspecified atom stereocenters. The molecule has 4 rings (SSSR count). The maximum atomic E-state index is 13.4. The second-order valence-corrected chi connectivity index (χ2v) is 9.08. The minimum atomic E-state index is -0.371. The number of carbonyl (C=O) groups is 1. The maximum Gasteiger partial charge on any atom is 0.344 e. The van der Waals surface area contributed by atoms with Gasteiger partial charge in [0.1, 0.15) is 5.75 Å². The lowest BCUT2D eigenvalue weighted by Crippen LogP contribution is -2.12. The first-order valence-electron chi connectivity index (χ1n) is 10.3. The molecule has 4 aromatic rings. The van der Waals surface area contributed by atoms with Crippen LogP contribution in [0.5, 0.6) is 5.75 Å². The van der Waals surface area contributed by atoms with Crippen molar-refractivity contribution in [2.24, 2.45) is 0 Å². The quantitative estimate of drug-likeness (QED) is 0.226. The van der Waals surface area contributed by atoms with Crippen LogP contribution in [0.4, 0.5) is 0 Å². The molecular formula is C27H24BrNO2. The summed E-state index contributed by atoms with van der Waals surface area (Å²) in [6, 6.07) is 21.7. The Hall–Kier alpha value is -2.98. The van der Waals surface area contributed by atoms with Gasteiger partial charge in [-0.2, -0.15) is 0 Å². The van der Waals surface area contributed by atoms with Crippen LogP contribution in [0.3, 0.4) is 0 Å². The number of carbonyl (C=O) groups excluding carboxylic acids is 1. The number of aryl methyl sites for hydroxylation is 2. The molecule has 1 aromatic heterocycles. The van der Waals surface area contributed by atoms with E-state index in [-0.39, 0.29) is 11.9 Å². The van der Waals surface area contributed by atoms with Gasteiger partial charge in [0.05, 0.1) is 16.8 Å². The van der Waals surface area contributed by atoms with Crippen molar-refractivity contribution in [2.45, 2.75) is 33.6 Å². The summed E-state index contributed by atoms with van der Waals surface area (Å²) in [6.45, 7) is 8.20. The van der Waals surface area contributed by atoms with E-state index in [0.717, 1.165) is 43.3 Å². The minimum absolute atomic E-state index is 0.248. The van der Waals surface area contributed by atoms with E-state index < -0.39 is 0 Å². The molecule has 0 bridgehead atoms. The molecule has 3 aromatic carbocycles. The summed E-state index contributed by atoms with van der Waals surface area (Å²) in [7, 11) is 0. The molecule has 0 fully saturated rings. The molecule has 3 nitrogen and oxygen atoms in total. The Kier molecular flexibility index (Phi) is 5.92. The molecule has 0 amide bonds. The van der Waals surface area contributed by atoms with Crippen molar-refractivity contribution >= 4 is 32.8 Å². The smallest absolute Gasteiger partial charge is 0.344 e. The number of esters is 1. The molecule has 0 saturated carbocycles. The Morgan fingerprint density at radius 1 is 0.903 bits per heavy atom. The van der Waals surface area contributed by atoms with E-state index in [1.54, 1.807) is 0 Å². The SMILES string of the molecule is Cc1ccc(C(C)C)c(OC(=O)c2cc(-c3ccc(Br)cc3)nc3ccc(C)cc23)c1. The molecule has 0 radical (unpaired) electrons. The van der Waals surface area contributed by atoms with Gasteiger partial charge >= 0.3 is 5.97 Å². The highest BCUT2D eigenvalue weighted by molar-refractivity contribution is 9.10. The van der Waals surface area contributed by atoms with Gasteiger partial charge in [0.15, 0.2) is 0 Å². The third-order valence-corrected chi connectivity index (χ3v) is 5.85. The minimum Gasteiger partial charge on any atom is -0.423 e. The zero-order valence-corrected chi connectivity index (χ0v) is 19.7. The van der Waals surface area contributed by atoms with Crippen LogP contribution < -0.4 is 4.74 Å². The van der Waals surface area contributed by atoms with Crippen LogP contribution in [0.25, 0.3) is 22.2 Å². The zero-order chi connectivity index (χ0) is 22.1. The third kappa shape index (κ3) is 4.54. The standard InChI is InChI=1S/C27H24BrNO2/c1-16(2)21-11-5-18(4)14-26(21)31-27(30)23-15-25(19-7-9-20(28)10-8-19)29-24-12-6-17(3)13-22(23)24/h5-16H,1-4H3. The zero-order valence-electron chi connectivity index (χ0n) is 18.1. The van der Waals surface area contributed by atoms with Crippen molar-refractivity contribution in [3.8, 4) is 17.0 Å². The summed E-state index contributed by atoms with van der Waals surface area (Å²) in [5.41, 5.74) is 6.11. The number of rotatable bonds is 4. The number of benzene rings is 3. The highest BCUT2D eigenvalue weighted by atomic mass is 79.9. The van der Waals surface area contributed by atoms with Crippen LogP contribution >= 0.6 is 15.9 Å². The van der Waals surface area contributed by atoms with Crippen molar-refractivity contribution < 1.29 is 9.53 Å². The van der Waals surface area contributed by atoms with Crippen LogP contribution in [-0.2, 0) is 0 Å². The fraction of sp³-hybridized carbons (Fsp3) is 0.185. The van der Waals surface area contributed by atoms with Crippen LogP contribution in [0.2, 0.25) is 0 Å². The van der Waals surface area contributed by atoms with E-state index in [1.165, 1.54) is 0 Å². The summed E-state index contributed by atoms with van der Waals surface area (Å²) >= 11 is 3.47. The molecule has 4 heteroatoms. The molecule has 0 aliphatic heterocycles. The van der Waals surface area contributed by atoms with E-state index in [1.807, 2.05) is 80.6 Å². The van der Waals surface area contributed by atoms with Gasteiger partial charge in [-0.25, -0.2) is 9.78 Å². The third-order valence-electron chi connectivity index (χ3n) is 5.32. The normalized spacial score (nSPS) is 11.2. The highest BCUT2D eigenvalue weighted by Crippen LogP contribution is 2.31. The van der Waals surface area contributed by atoms with Crippen molar-refractivity contribution in [3.05, 3.63) is 93.5 Å². The van der Waals surface area contributed by atoms with Gasteiger partial charge in [0.25, 0.3) is 0 Å². The van der Waals surface area contributed by atoms with E-state index in [0.29, 0.717) is 11.3 Å². The van der Waals surface area contributed by atoms with Crippen molar-refractivity contribution in [3.63, 3.8) is 0 Å². The van der Waals surface area contributed by atoms with Gasteiger partial charge in [-0.05, 0) is 67.3 Å². The number of hydrogen-bond donors (Lipinski definition) is 0. The number of pyridine rings is 1. The van der Waals surface area contributed by atoms with Crippen LogP contribution in [0.15, 0.2) is 71.2 Å². The number of fused-ring (bicyclic) bond motifs is 1. The molecular weight excluding hydrogens is 450 g/mol.